The maximum atomic E-state index is 6.03. The summed E-state index contributed by atoms with van der Waals surface area (Å²) in [6.07, 6.45) is 1.18. The molecule has 0 bridgehead atoms. The number of ether oxygens (including phenoxy) is 1. The first-order chi connectivity index (χ1) is 8.02. The molecule has 0 heterocycles. The van der Waals surface area contributed by atoms with Gasteiger partial charge < -0.3 is 10.1 Å². The highest BCUT2D eigenvalue weighted by molar-refractivity contribution is 6.35. The van der Waals surface area contributed by atoms with E-state index in [-0.39, 0.29) is 6.10 Å². The SMILES string of the molecule is CCC(C)NCC(C)Oc1ccc(Cl)cc1Cl. The molecule has 0 saturated carbocycles. The van der Waals surface area contributed by atoms with Crippen LogP contribution in [0.1, 0.15) is 27.2 Å². The summed E-state index contributed by atoms with van der Waals surface area (Å²) in [5, 5.41) is 4.56. The fourth-order valence-corrected chi connectivity index (χ4v) is 1.79. The van der Waals surface area contributed by atoms with Crippen molar-refractivity contribution in [3.8, 4) is 5.75 Å². The van der Waals surface area contributed by atoms with Gasteiger partial charge in [0.15, 0.2) is 0 Å². The normalized spacial score (nSPS) is 14.4. The number of halogens is 2. The van der Waals surface area contributed by atoms with Crippen LogP contribution in [-0.2, 0) is 0 Å². The lowest BCUT2D eigenvalue weighted by molar-refractivity contribution is 0.212. The van der Waals surface area contributed by atoms with E-state index in [2.05, 4.69) is 19.2 Å². The third-order valence-corrected chi connectivity index (χ3v) is 3.12. The molecule has 17 heavy (non-hydrogen) atoms. The van der Waals surface area contributed by atoms with Crippen LogP contribution in [0.4, 0.5) is 0 Å². The van der Waals surface area contributed by atoms with Gasteiger partial charge in [0, 0.05) is 17.6 Å². The maximum absolute atomic E-state index is 6.03. The van der Waals surface area contributed by atoms with Gasteiger partial charge in [0.2, 0.25) is 0 Å². The highest BCUT2D eigenvalue weighted by Gasteiger charge is 2.08. The first-order valence-corrected chi connectivity index (χ1v) is 6.63. The van der Waals surface area contributed by atoms with E-state index in [1.54, 1.807) is 18.2 Å². The van der Waals surface area contributed by atoms with Crippen LogP contribution >= 0.6 is 23.2 Å². The number of rotatable bonds is 6. The van der Waals surface area contributed by atoms with Gasteiger partial charge in [-0.1, -0.05) is 30.1 Å². The predicted octanol–water partition coefficient (Wildman–Crippen LogP) is 4.15. The summed E-state index contributed by atoms with van der Waals surface area (Å²) in [5.74, 6) is 0.675. The quantitative estimate of drug-likeness (QED) is 0.842. The summed E-state index contributed by atoms with van der Waals surface area (Å²) in [7, 11) is 0. The second-order valence-electron chi connectivity index (χ2n) is 4.22. The van der Waals surface area contributed by atoms with Crippen molar-refractivity contribution in [3.63, 3.8) is 0 Å². The molecule has 0 aliphatic heterocycles. The minimum atomic E-state index is 0.0719. The second-order valence-corrected chi connectivity index (χ2v) is 5.06. The van der Waals surface area contributed by atoms with Gasteiger partial charge in [0.1, 0.15) is 11.9 Å². The monoisotopic (exact) mass is 275 g/mol. The van der Waals surface area contributed by atoms with Gasteiger partial charge in [0.05, 0.1) is 5.02 Å². The van der Waals surface area contributed by atoms with Crippen molar-refractivity contribution in [1.29, 1.82) is 0 Å². The molecule has 0 fully saturated rings. The molecule has 0 radical (unpaired) electrons. The third kappa shape index (κ3) is 5.15. The maximum Gasteiger partial charge on any atom is 0.138 e. The summed E-state index contributed by atoms with van der Waals surface area (Å²) in [6, 6.07) is 5.76. The Kier molecular flexibility index (Phi) is 6.10. The Balaban J connectivity index is 2.47. The Bertz CT molecular complexity index is 357. The summed E-state index contributed by atoms with van der Waals surface area (Å²) in [4.78, 5) is 0. The Hall–Kier alpha value is -0.440. The molecule has 1 N–H and O–H groups in total. The smallest absolute Gasteiger partial charge is 0.138 e. The molecule has 96 valence electrons. The molecule has 1 rings (SSSR count). The number of benzene rings is 1. The Morgan fingerprint density at radius 1 is 1.29 bits per heavy atom. The average molecular weight is 276 g/mol. The van der Waals surface area contributed by atoms with Crippen LogP contribution in [-0.4, -0.2) is 18.7 Å². The van der Waals surface area contributed by atoms with E-state index >= 15 is 0 Å². The standard InChI is InChI=1S/C13H19Cl2NO/c1-4-9(2)16-8-10(3)17-13-6-5-11(14)7-12(13)15/h5-7,9-10,16H,4,8H2,1-3H3. The molecular formula is C13H19Cl2NO. The fourth-order valence-electron chi connectivity index (χ4n) is 1.34. The lowest BCUT2D eigenvalue weighted by Crippen LogP contribution is -2.34. The summed E-state index contributed by atoms with van der Waals surface area (Å²) < 4.78 is 5.74. The molecule has 0 amide bonds. The van der Waals surface area contributed by atoms with Crippen LogP contribution in [0.3, 0.4) is 0 Å². The molecule has 2 unspecified atom stereocenters. The first kappa shape index (κ1) is 14.6. The van der Waals surface area contributed by atoms with Crippen molar-refractivity contribution in [3.05, 3.63) is 28.2 Å². The van der Waals surface area contributed by atoms with E-state index in [4.69, 9.17) is 27.9 Å². The molecule has 0 saturated heterocycles. The van der Waals surface area contributed by atoms with Crippen LogP contribution in [0.15, 0.2) is 18.2 Å². The number of hydrogen-bond donors (Lipinski definition) is 1. The number of hydrogen-bond acceptors (Lipinski definition) is 2. The molecule has 0 aliphatic rings. The zero-order valence-corrected chi connectivity index (χ0v) is 12.0. The van der Waals surface area contributed by atoms with E-state index in [9.17, 15) is 0 Å². The van der Waals surface area contributed by atoms with Crippen LogP contribution in [0.2, 0.25) is 10.0 Å². The first-order valence-electron chi connectivity index (χ1n) is 5.88. The van der Waals surface area contributed by atoms with Gasteiger partial charge in [-0.3, -0.25) is 0 Å². The molecule has 0 aromatic heterocycles. The highest BCUT2D eigenvalue weighted by Crippen LogP contribution is 2.28. The predicted molar refractivity (Wildman–Crippen MR) is 74.3 cm³/mol. The summed E-state index contributed by atoms with van der Waals surface area (Å²) in [5.41, 5.74) is 0. The van der Waals surface area contributed by atoms with Gasteiger partial charge in [0.25, 0.3) is 0 Å². The van der Waals surface area contributed by atoms with E-state index < -0.39 is 0 Å². The molecule has 2 atom stereocenters. The van der Waals surface area contributed by atoms with Crippen molar-refractivity contribution < 1.29 is 4.74 Å². The summed E-state index contributed by atoms with van der Waals surface area (Å²) in [6.45, 7) is 7.12. The Morgan fingerprint density at radius 3 is 2.59 bits per heavy atom. The average Bonchev–Trinajstić information content (AvgIpc) is 2.29. The van der Waals surface area contributed by atoms with Crippen LogP contribution in [0.5, 0.6) is 5.75 Å². The third-order valence-electron chi connectivity index (χ3n) is 2.59. The molecule has 0 aliphatic carbocycles. The van der Waals surface area contributed by atoms with E-state index in [1.807, 2.05) is 6.92 Å². The van der Waals surface area contributed by atoms with Crippen molar-refractivity contribution in [2.75, 3.05) is 6.54 Å². The highest BCUT2D eigenvalue weighted by atomic mass is 35.5. The topological polar surface area (TPSA) is 21.3 Å². The van der Waals surface area contributed by atoms with Crippen molar-refractivity contribution in [1.82, 2.24) is 5.32 Å². The second kappa shape index (κ2) is 7.10. The van der Waals surface area contributed by atoms with Gasteiger partial charge >= 0.3 is 0 Å². The minimum absolute atomic E-state index is 0.0719. The molecule has 0 spiro atoms. The number of nitrogens with one attached hydrogen (secondary N) is 1. The van der Waals surface area contributed by atoms with Gasteiger partial charge in [-0.2, -0.15) is 0 Å². The molecular weight excluding hydrogens is 257 g/mol. The van der Waals surface area contributed by atoms with Crippen LogP contribution in [0.25, 0.3) is 0 Å². The Labute approximate surface area is 113 Å². The largest absolute Gasteiger partial charge is 0.488 e. The summed E-state index contributed by atoms with van der Waals surface area (Å²) >= 11 is 11.9. The molecule has 4 heteroatoms. The molecule has 1 aromatic carbocycles. The van der Waals surface area contributed by atoms with Crippen molar-refractivity contribution in [2.45, 2.75) is 39.3 Å². The van der Waals surface area contributed by atoms with Gasteiger partial charge in [-0.05, 0) is 38.5 Å². The van der Waals surface area contributed by atoms with Crippen LogP contribution in [0, 0.1) is 0 Å². The van der Waals surface area contributed by atoms with E-state index in [1.165, 1.54) is 0 Å². The van der Waals surface area contributed by atoms with E-state index in [0.29, 0.717) is 21.8 Å². The zero-order chi connectivity index (χ0) is 12.8. The Morgan fingerprint density at radius 2 is 2.00 bits per heavy atom. The molecule has 1 aromatic rings. The zero-order valence-electron chi connectivity index (χ0n) is 10.5. The van der Waals surface area contributed by atoms with Crippen molar-refractivity contribution >= 4 is 23.2 Å². The minimum Gasteiger partial charge on any atom is -0.488 e. The lowest BCUT2D eigenvalue weighted by Gasteiger charge is -2.19. The van der Waals surface area contributed by atoms with E-state index in [0.717, 1.165) is 13.0 Å². The van der Waals surface area contributed by atoms with Crippen molar-refractivity contribution in [2.24, 2.45) is 0 Å². The van der Waals surface area contributed by atoms with Crippen LogP contribution < -0.4 is 10.1 Å². The van der Waals surface area contributed by atoms with Gasteiger partial charge in [-0.15, -0.1) is 0 Å². The van der Waals surface area contributed by atoms with Gasteiger partial charge in [-0.25, -0.2) is 0 Å². The lowest BCUT2D eigenvalue weighted by atomic mass is 10.2. The fraction of sp³-hybridized carbons (Fsp3) is 0.538. The molecule has 2 nitrogen and oxygen atoms in total.